The molecule has 1 aliphatic heterocycles. The highest BCUT2D eigenvalue weighted by molar-refractivity contribution is 14.1. The standard InChI is InChI=1S/C10H12IN3O/c1-12-8-3-2-7-5-13-10(15)14(6-11)9(7)4-8/h2-4,12H,5-6H2,1H3,(H,13,15). The molecule has 0 aliphatic carbocycles. The molecule has 1 heterocycles. The van der Waals surface area contributed by atoms with E-state index in [-0.39, 0.29) is 6.03 Å². The van der Waals surface area contributed by atoms with Crippen molar-refractivity contribution < 1.29 is 4.79 Å². The smallest absolute Gasteiger partial charge is 0.322 e. The Morgan fingerprint density at radius 2 is 2.40 bits per heavy atom. The van der Waals surface area contributed by atoms with E-state index >= 15 is 0 Å². The normalized spacial score (nSPS) is 14.5. The molecule has 15 heavy (non-hydrogen) atoms. The molecule has 1 aromatic rings. The van der Waals surface area contributed by atoms with Gasteiger partial charge >= 0.3 is 6.03 Å². The molecule has 0 fully saturated rings. The SMILES string of the molecule is CNc1ccc2c(c1)N(CI)C(=O)NC2. The lowest BCUT2D eigenvalue weighted by molar-refractivity contribution is 0.246. The van der Waals surface area contributed by atoms with Crippen LogP contribution >= 0.6 is 22.6 Å². The molecule has 2 amide bonds. The lowest BCUT2D eigenvalue weighted by atomic mass is 10.1. The average Bonchev–Trinajstić information content (AvgIpc) is 2.28. The number of halogens is 1. The summed E-state index contributed by atoms with van der Waals surface area (Å²) < 4.78 is 0.657. The topological polar surface area (TPSA) is 44.4 Å². The molecule has 5 heteroatoms. The number of urea groups is 1. The molecule has 0 unspecified atom stereocenters. The summed E-state index contributed by atoms with van der Waals surface area (Å²) in [5.41, 5.74) is 3.18. The first-order valence-corrected chi connectivity index (χ1v) is 6.21. The summed E-state index contributed by atoms with van der Waals surface area (Å²) >= 11 is 2.19. The van der Waals surface area contributed by atoms with Gasteiger partial charge in [-0.2, -0.15) is 0 Å². The second-order valence-corrected chi connectivity index (χ2v) is 3.98. The van der Waals surface area contributed by atoms with E-state index in [0.29, 0.717) is 11.1 Å². The van der Waals surface area contributed by atoms with E-state index in [1.165, 1.54) is 0 Å². The van der Waals surface area contributed by atoms with Gasteiger partial charge in [0, 0.05) is 19.3 Å². The molecule has 4 nitrogen and oxygen atoms in total. The first kappa shape index (κ1) is 10.5. The summed E-state index contributed by atoms with van der Waals surface area (Å²) in [6.45, 7) is 0.616. The third kappa shape index (κ3) is 1.88. The molecule has 2 N–H and O–H groups in total. The van der Waals surface area contributed by atoms with Gasteiger partial charge in [0.1, 0.15) is 0 Å². The number of alkyl halides is 1. The van der Waals surface area contributed by atoms with Crippen LogP contribution in [0.3, 0.4) is 0 Å². The third-order valence-corrected chi connectivity index (χ3v) is 3.14. The summed E-state index contributed by atoms with van der Waals surface area (Å²) in [5.74, 6) is 0. The highest BCUT2D eigenvalue weighted by Crippen LogP contribution is 2.28. The Bertz CT molecular complexity index is 394. The Morgan fingerprint density at radius 1 is 1.60 bits per heavy atom. The van der Waals surface area contributed by atoms with Crippen LogP contribution in [-0.4, -0.2) is 17.6 Å². The Morgan fingerprint density at radius 3 is 3.07 bits per heavy atom. The predicted octanol–water partition coefficient (Wildman–Crippen LogP) is 2.15. The lowest BCUT2D eigenvalue weighted by Crippen LogP contribution is -2.43. The Labute approximate surface area is 102 Å². The average molecular weight is 317 g/mol. The van der Waals surface area contributed by atoms with E-state index in [4.69, 9.17) is 0 Å². The van der Waals surface area contributed by atoms with Crippen molar-refractivity contribution in [3.63, 3.8) is 0 Å². The van der Waals surface area contributed by atoms with Gasteiger partial charge in [-0.1, -0.05) is 28.7 Å². The van der Waals surface area contributed by atoms with E-state index in [1.54, 1.807) is 4.90 Å². The minimum atomic E-state index is -0.0230. The number of fused-ring (bicyclic) bond motifs is 1. The van der Waals surface area contributed by atoms with Gasteiger partial charge in [-0.3, -0.25) is 4.90 Å². The van der Waals surface area contributed by atoms with Crippen LogP contribution in [0.5, 0.6) is 0 Å². The van der Waals surface area contributed by atoms with Crippen molar-refractivity contribution in [2.45, 2.75) is 6.54 Å². The number of carbonyl (C=O) groups excluding carboxylic acids is 1. The van der Waals surface area contributed by atoms with Crippen LogP contribution in [0.25, 0.3) is 0 Å². The maximum atomic E-state index is 11.6. The first-order valence-electron chi connectivity index (χ1n) is 4.68. The monoisotopic (exact) mass is 317 g/mol. The number of anilines is 2. The molecule has 0 saturated heterocycles. The number of rotatable bonds is 2. The molecule has 2 rings (SSSR count). The maximum absolute atomic E-state index is 11.6. The number of carbonyl (C=O) groups is 1. The molecule has 1 aromatic carbocycles. The van der Waals surface area contributed by atoms with Crippen molar-refractivity contribution in [2.24, 2.45) is 0 Å². The van der Waals surface area contributed by atoms with E-state index in [9.17, 15) is 4.79 Å². The summed E-state index contributed by atoms with van der Waals surface area (Å²) in [5, 5.41) is 5.91. The molecule has 80 valence electrons. The molecule has 0 atom stereocenters. The summed E-state index contributed by atoms with van der Waals surface area (Å²) in [4.78, 5) is 13.3. The number of benzene rings is 1. The molecular weight excluding hydrogens is 305 g/mol. The minimum Gasteiger partial charge on any atom is -0.388 e. The second kappa shape index (κ2) is 4.26. The van der Waals surface area contributed by atoms with Gasteiger partial charge in [-0.25, -0.2) is 4.79 Å². The highest BCUT2D eigenvalue weighted by Gasteiger charge is 2.22. The number of nitrogens with one attached hydrogen (secondary N) is 2. The van der Waals surface area contributed by atoms with Gasteiger partial charge in [0.2, 0.25) is 0 Å². The van der Waals surface area contributed by atoms with Gasteiger partial charge < -0.3 is 10.6 Å². The summed E-state index contributed by atoms with van der Waals surface area (Å²) in [6.07, 6.45) is 0. The maximum Gasteiger partial charge on any atom is 0.322 e. The largest absolute Gasteiger partial charge is 0.388 e. The fourth-order valence-corrected chi connectivity index (χ4v) is 2.29. The zero-order valence-electron chi connectivity index (χ0n) is 8.38. The van der Waals surface area contributed by atoms with Crippen molar-refractivity contribution in [2.75, 3.05) is 21.8 Å². The zero-order valence-corrected chi connectivity index (χ0v) is 10.5. The molecule has 1 aliphatic rings. The number of amides is 2. The van der Waals surface area contributed by atoms with Gasteiger partial charge in [-0.05, 0) is 17.7 Å². The van der Waals surface area contributed by atoms with E-state index < -0.39 is 0 Å². The Kier molecular flexibility index (Phi) is 2.99. The highest BCUT2D eigenvalue weighted by atomic mass is 127. The van der Waals surface area contributed by atoms with Crippen LogP contribution in [0.2, 0.25) is 0 Å². The van der Waals surface area contributed by atoms with Gasteiger partial charge in [-0.15, -0.1) is 0 Å². The fraction of sp³-hybridized carbons (Fsp3) is 0.300. The van der Waals surface area contributed by atoms with Gasteiger partial charge in [0.05, 0.1) is 10.2 Å². The molecule has 0 saturated carbocycles. The second-order valence-electron chi connectivity index (χ2n) is 3.30. The van der Waals surface area contributed by atoms with Gasteiger partial charge in [0.25, 0.3) is 0 Å². The van der Waals surface area contributed by atoms with Crippen LogP contribution in [0, 0.1) is 0 Å². The van der Waals surface area contributed by atoms with Crippen LogP contribution in [-0.2, 0) is 6.54 Å². The van der Waals surface area contributed by atoms with Crippen LogP contribution in [0.1, 0.15) is 5.56 Å². The molecular formula is C10H12IN3O. The Balaban J connectivity index is 2.45. The van der Waals surface area contributed by atoms with Crippen molar-refractivity contribution >= 4 is 40.0 Å². The van der Waals surface area contributed by atoms with Crippen LogP contribution in [0.15, 0.2) is 18.2 Å². The van der Waals surface area contributed by atoms with Crippen molar-refractivity contribution in [3.8, 4) is 0 Å². The zero-order chi connectivity index (χ0) is 10.8. The molecule has 0 spiro atoms. The number of hydrogen-bond acceptors (Lipinski definition) is 2. The van der Waals surface area contributed by atoms with E-state index in [2.05, 4.69) is 33.2 Å². The van der Waals surface area contributed by atoms with E-state index in [1.807, 2.05) is 25.2 Å². The first-order chi connectivity index (χ1) is 7.26. The van der Waals surface area contributed by atoms with Crippen molar-refractivity contribution in [3.05, 3.63) is 23.8 Å². The number of hydrogen-bond donors (Lipinski definition) is 2. The fourth-order valence-electron chi connectivity index (χ4n) is 1.61. The summed E-state index contributed by atoms with van der Waals surface area (Å²) in [7, 11) is 1.87. The molecule has 0 bridgehead atoms. The van der Waals surface area contributed by atoms with E-state index in [0.717, 1.165) is 16.9 Å². The summed E-state index contributed by atoms with van der Waals surface area (Å²) in [6, 6.07) is 6.04. The van der Waals surface area contributed by atoms with Crippen molar-refractivity contribution in [1.29, 1.82) is 0 Å². The lowest BCUT2D eigenvalue weighted by Gasteiger charge is -2.28. The van der Waals surface area contributed by atoms with Crippen LogP contribution in [0.4, 0.5) is 16.2 Å². The third-order valence-electron chi connectivity index (χ3n) is 2.46. The molecule has 0 radical (unpaired) electrons. The quantitative estimate of drug-likeness (QED) is 0.499. The van der Waals surface area contributed by atoms with Crippen LogP contribution < -0.4 is 15.5 Å². The molecule has 0 aromatic heterocycles. The Hall–Kier alpha value is -0.980. The number of nitrogens with zero attached hydrogens (tertiary/aromatic N) is 1. The van der Waals surface area contributed by atoms with Gasteiger partial charge in [0.15, 0.2) is 0 Å². The predicted molar refractivity (Wildman–Crippen MR) is 69.6 cm³/mol. The minimum absolute atomic E-state index is 0.0230. The van der Waals surface area contributed by atoms with Crippen molar-refractivity contribution in [1.82, 2.24) is 5.32 Å².